The second kappa shape index (κ2) is 8.68. The fourth-order valence-corrected chi connectivity index (χ4v) is 3.24. The lowest BCUT2D eigenvalue weighted by atomic mass is 9.88. The molecule has 0 spiro atoms. The first-order valence-corrected chi connectivity index (χ1v) is 9.31. The monoisotopic (exact) mass is 461 g/mol. The van der Waals surface area contributed by atoms with Gasteiger partial charge in [-0.05, 0) is 48.2 Å². The number of nitriles is 1. The van der Waals surface area contributed by atoms with Crippen molar-refractivity contribution in [3.8, 4) is 6.07 Å². The topological polar surface area (TPSA) is 78.9 Å². The van der Waals surface area contributed by atoms with Crippen LogP contribution in [0.4, 0.5) is 42.1 Å². The molecule has 0 fully saturated rings. The fraction of sp³-hybridized carbons (Fsp3) is 0.333. The number of nitrogens with zero attached hydrogens (tertiary/aromatic N) is 1. The van der Waals surface area contributed by atoms with Crippen molar-refractivity contribution >= 4 is 17.3 Å². The quantitative estimate of drug-likeness (QED) is 0.436. The molecule has 2 aromatic rings. The number of benzene rings is 2. The molecule has 0 aliphatic carbocycles. The Morgan fingerprint density at radius 3 is 1.91 bits per heavy atom. The van der Waals surface area contributed by atoms with Crippen molar-refractivity contribution in [1.29, 1.82) is 5.26 Å². The van der Waals surface area contributed by atoms with Crippen molar-refractivity contribution in [1.82, 2.24) is 0 Å². The molecule has 11 heteroatoms. The molecule has 4 nitrogen and oxygen atoms in total. The van der Waals surface area contributed by atoms with E-state index < -0.39 is 29.5 Å². The van der Waals surface area contributed by atoms with Gasteiger partial charge in [-0.2, -0.15) is 31.6 Å². The summed E-state index contributed by atoms with van der Waals surface area (Å²) >= 11 is 0. The summed E-state index contributed by atoms with van der Waals surface area (Å²) in [7, 11) is 0. The zero-order valence-corrected chi connectivity index (χ0v) is 16.9. The maximum absolute atomic E-state index is 14.6. The van der Waals surface area contributed by atoms with E-state index in [2.05, 4.69) is 5.32 Å². The molecule has 2 aromatic carbocycles. The number of aryl methyl sites for hydroxylation is 2. The zero-order valence-electron chi connectivity index (χ0n) is 16.9. The van der Waals surface area contributed by atoms with Gasteiger partial charge in [0.2, 0.25) is 0 Å². The standard InChI is InChI=1S/C21H18F7N3O/c1-3-11-8-13(19(22,20(23,24)25)21(26,27)28)9-12(4-2)17(11)31-18(32)14-6-5-7-16(30)15(14)10-29/h5-9H,3-4,30H2,1-2H3,(H,31,32). The highest BCUT2D eigenvalue weighted by atomic mass is 19.4. The predicted molar refractivity (Wildman–Crippen MR) is 104 cm³/mol. The molecule has 0 saturated heterocycles. The molecule has 0 aliphatic heterocycles. The van der Waals surface area contributed by atoms with E-state index in [0.717, 1.165) is 0 Å². The van der Waals surface area contributed by atoms with Crippen LogP contribution in [0.15, 0.2) is 30.3 Å². The Hall–Kier alpha value is -3.29. The molecule has 2 rings (SSSR count). The number of hydrogen-bond acceptors (Lipinski definition) is 3. The van der Waals surface area contributed by atoms with Crippen molar-refractivity contribution < 1.29 is 35.5 Å². The van der Waals surface area contributed by atoms with Gasteiger partial charge in [0.15, 0.2) is 0 Å². The van der Waals surface area contributed by atoms with Crippen molar-refractivity contribution in [2.75, 3.05) is 11.1 Å². The lowest BCUT2D eigenvalue weighted by Gasteiger charge is -2.31. The lowest BCUT2D eigenvalue weighted by molar-refractivity contribution is -0.348. The first-order valence-electron chi connectivity index (χ1n) is 9.31. The lowest BCUT2D eigenvalue weighted by Crippen LogP contribution is -2.50. The van der Waals surface area contributed by atoms with Crippen LogP contribution in [0.25, 0.3) is 0 Å². The Bertz CT molecular complexity index is 1030. The Labute approximate surface area is 178 Å². The van der Waals surface area contributed by atoms with Crippen LogP contribution >= 0.6 is 0 Å². The first kappa shape index (κ1) is 25.0. The van der Waals surface area contributed by atoms with Crippen LogP contribution in [0, 0.1) is 11.3 Å². The third-order valence-corrected chi connectivity index (χ3v) is 4.93. The van der Waals surface area contributed by atoms with E-state index in [9.17, 15) is 40.8 Å². The molecule has 0 aromatic heterocycles. The molecule has 0 bridgehead atoms. The highest BCUT2D eigenvalue weighted by Gasteiger charge is 2.73. The van der Waals surface area contributed by atoms with Crippen LogP contribution in [0.1, 0.15) is 46.5 Å². The van der Waals surface area contributed by atoms with Crippen LogP contribution in [0.2, 0.25) is 0 Å². The third kappa shape index (κ3) is 4.22. The van der Waals surface area contributed by atoms with Gasteiger partial charge in [0, 0.05) is 11.3 Å². The Kier molecular flexibility index (Phi) is 6.78. The molecule has 32 heavy (non-hydrogen) atoms. The summed E-state index contributed by atoms with van der Waals surface area (Å²) in [5, 5.41) is 11.7. The summed E-state index contributed by atoms with van der Waals surface area (Å²) in [6, 6.07) is 6.73. The fourth-order valence-electron chi connectivity index (χ4n) is 3.24. The minimum atomic E-state index is -6.25. The number of carbonyl (C=O) groups excluding carboxylic acids is 1. The van der Waals surface area contributed by atoms with E-state index >= 15 is 0 Å². The van der Waals surface area contributed by atoms with E-state index in [-0.39, 0.29) is 46.5 Å². The number of alkyl halides is 7. The molecular formula is C21H18F7N3O. The van der Waals surface area contributed by atoms with Crippen molar-refractivity contribution in [2.45, 2.75) is 44.7 Å². The molecule has 0 atom stereocenters. The number of rotatable bonds is 5. The second-order valence-electron chi connectivity index (χ2n) is 6.87. The number of nitrogens with two attached hydrogens (primary N) is 1. The van der Waals surface area contributed by atoms with Gasteiger partial charge in [-0.1, -0.05) is 19.9 Å². The van der Waals surface area contributed by atoms with Crippen molar-refractivity contribution in [2.24, 2.45) is 0 Å². The Morgan fingerprint density at radius 2 is 1.50 bits per heavy atom. The Morgan fingerprint density at radius 1 is 1.00 bits per heavy atom. The van der Waals surface area contributed by atoms with Crippen LogP contribution in [-0.2, 0) is 18.5 Å². The molecule has 3 N–H and O–H groups in total. The number of carbonyl (C=O) groups is 1. The van der Waals surface area contributed by atoms with E-state index in [0.29, 0.717) is 12.1 Å². The summed E-state index contributed by atoms with van der Waals surface area (Å²) in [5.41, 5.74) is -2.12. The van der Waals surface area contributed by atoms with Crippen LogP contribution in [-0.4, -0.2) is 18.3 Å². The smallest absolute Gasteiger partial charge is 0.398 e. The number of nitrogen functional groups attached to an aromatic ring is 1. The molecule has 0 heterocycles. The van der Waals surface area contributed by atoms with E-state index in [4.69, 9.17) is 5.73 Å². The number of amides is 1. The maximum Gasteiger partial charge on any atom is 0.435 e. The summed E-state index contributed by atoms with van der Waals surface area (Å²) in [6.07, 6.45) is -12.7. The van der Waals surface area contributed by atoms with Gasteiger partial charge in [-0.15, -0.1) is 0 Å². The molecule has 0 radical (unpaired) electrons. The third-order valence-electron chi connectivity index (χ3n) is 4.93. The van der Waals surface area contributed by atoms with Crippen molar-refractivity contribution in [3.05, 3.63) is 58.1 Å². The van der Waals surface area contributed by atoms with Gasteiger partial charge in [-0.25, -0.2) is 4.39 Å². The minimum absolute atomic E-state index is 0.0134. The molecule has 0 aliphatic rings. The Balaban J connectivity index is 2.67. The molecule has 0 saturated carbocycles. The summed E-state index contributed by atoms with van der Waals surface area (Å²) in [4.78, 5) is 12.7. The van der Waals surface area contributed by atoms with Crippen molar-refractivity contribution in [3.63, 3.8) is 0 Å². The summed E-state index contributed by atoms with van der Waals surface area (Å²) < 4.78 is 93.8. The van der Waals surface area contributed by atoms with E-state index in [1.165, 1.54) is 32.0 Å². The van der Waals surface area contributed by atoms with Gasteiger partial charge in [0.1, 0.15) is 6.07 Å². The van der Waals surface area contributed by atoms with Crippen LogP contribution in [0.5, 0.6) is 0 Å². The molecular weight excluding hydrogens is 443 g/mol. The molecule has 172 valence electrons. The highest BCUT2D eigenvalue weighted by molar-refractivity contribution is 6.07. The largest absolute Gasteiger partial charge is 0.435 e. The van der Waals surface area contributed by atoms with E-state index in [1.54, 1.807) is 6.07 Å². The molecule has 1 amide bonds. The summed E-state index contributed by atoms with van der Waals surface area (Å²) in [6.45, 7) is 2.85. The maximum atomic E-state index is 14.6. The predicted octanol–water partition coefficient (Wildman–Crippen LogP) is 5.81. The normalized spacial score (nSPS) is 12.4. The summed E-state index contributed by atoms with van der Waals surface area (Å²) in [5.74, 6) is -0.843. The zero-order chi connectivity index (χ0) is 24.5. The van der Waals surface area contributed by atoms with Crippen LogP contribution < -0.4 is 11.1 Å². The number of nitrogens with one attached hydrogen (secondary N) is 1. The van der Waals surface area contributed by atoms with Gasteiger partial charge in [0.25, 0.3) is 5.91 Å². The van der Waals surface area contributed by atoms with Gasteiger partial charge in [-0.3, -0.25) is 4.79 Å². The average Bonchev–Trinajstić information content (AvgIpc) is 2.71. The van der Waals surface area contributed by atoms with Gasteiger partial charge in [0.05, 0.1) is 16.8 Å². The minimum Gasteiger partial charge on any atom is -0.398 e. The number of halogens is 7. The molecule has 0 unspecified atom stereocenters. The van der Waals surface area contributed by atoms with E-state index in [1.807, 2.05) is 0 Å². The van der Waals surface area contributed by atoms with Crippen LogP contribution in [0.3, 0.4) is 0 Å². The number of anilines is 2. The highest BCUT2D eigenvalue weighted by Crippen LogP contribution is 2.54. The second-order valence-corrected chi connectivity index (χ2v) is 6.87. The first-order chi connectivity index (χ1) is 14.7. The van der Waals surface area contributed by atoms with Gasteiger partial charge >= 0.3 is 18.0 Å². The van der Waals surface area contributed by atoms with Gasteiger partial charge < -0.3 is 11.1 Å². The number of hydrogen-bond donors (Lipinski definition) is 2. The SMILES string of the molecule is CCc1cc(C(F)(C(F)(F)F)C(F)(F)F)cc(CC)c1NC(=O)c1cccc(N)c1C#N. The average molecular weight is 461 g/mol.